The van der Waals surface area contributed by atoms with Crippen LogP contribution in [-0.4, -0.2) is 15.6 Å². The molecular weight excluding hydrogens is 327 g/mol. The monoisotopic (exact) mass is 332 g/mol. The molecule has 0 spiro atoms. The first kappa shape index (κ1) is 12.6. The summed E-state index contributed by atoms with van der Waals surface area (Å²) in [6, 6.07) is 5.16. The SMILES string of the molecule is Cn1ncc(Cl)c1C(=O)c1cccc(Br)c1Cl. The highest BCUT2D eigenvalue weighted by atomic mass is 79.9. The van der Waals surface area contributed by atoms with Crippen LogP contribution in [0.1, 0.15) is 16.1 Å². The van der Waals surface area contributed by atoms with Gasteiger partial charge < -0.3 is 0 Å². The van der Waals surface area contributed by atoms with Gasteiger partial charge in [-0.2, -0.15) is 5.10 Å². The van der Waals surface area contributed by atoms with E-state index in [2.05, 4.69) is 21.0 Å². The summed E-state index contributed by atoms with van der Waals surface area (Å²) in [5.41, 5.74) is 0.721. The molecule has 0 radical (unpaired) electrons. The molecule has 17 heavy (non-hydrogen) atoms. The Hall–Kier alpha value is -0.840. The Bertz CT molecular complexity index is 576. The van der Waals surface area contributed by atoms with Crippen molar-refractivity contribution in [3.05, 3.63) is 50.2 Å². The molecule has 2 rings (SSSR count). The lowest BCUT2D eigenvalue weighted by molar-refractivity contribution is 0.103. The van der Waals surface area contributed by atoms with E-state index in [0.717, 1.165) is 0 Å². The Morgan fingerprint density at radius 2 is 2.12 bits per heavy atom. The number of hydrogen-bond acceptors (Lipinski definition) is 2. The van der Waals surface area contributed by atoms with E-state index in [1.165, 1.54) is 10.9 Å². The van der Waals surface area contributed by atoms with Gasteiger partial charge >= 0.3 is 0 Å². The van der Waals surface area contributed by atoms with Crippen LogP contribution in [0.25, 0.3) is 0 Å². The minimum Gasteiger partial charge on any atom is -0.287 e. The predicted octanol–water partition coefficient (Wildman–Crippen LogP) is 3.72. The van der Waals surface area contributed by atoms with Gasteiger partial charge in [-0.1, -0.05) is 29.3 Å². The van der Waals surface area contributed by atoms with Crippen molar-refractivity contribution in [3.63, 3.8) is 0 Å². The number of carbonyl (C=O) groups is 1. The molecule has 0 atom stereocenters. The summed E-state index contributed by atoms with van der Waals surface area (Å²) in [6.45, 7) is 0. The lowest BCUT2D eigenvalue weighted by Gasteiger charge is -2.05. The van der Waals surface area contributed by atoms with Crippen LogP contribution in [0.4, 0.5) is 0 Å². The average molecular weight is 334 g/mol. The standard InChI is InChI=1S/C11H7BrCl2N2O/c1-16-10(8(13)5-15-16)11(17)6-3-2-4-7(12)9(6)14/h2-5H,1H3. The van der Waals surface area contributed by atoms with Gasteiger partial charge in [-0.15, -0.1) is 0 Å². The van der Waals surface area contributed by atoms with Crippen LogP contribution in [0.5, 0.6) is 0 Å². The van der Waals surface area contributed by atoms with Crippen molar-refractivity contribution in [2.24, 2.45) is 7.05 Å². The molecule has 88 valence electrons. The van der Waals surface area contributed by atoms with Gasteiger partial charge in [0.2, 0.25) is 5.78 Å². The third-order valence-electron chi connectivity index (χ3n) is 2.31. The maximum atomic E-state index is 12.3. The minimum atomic E-state index is -0.249. The second-order valence-electron chi connectivity index (χ2n) is 3.40. The van der Waals surface area contributed by atoms with Crippen molar-refractivity contribution in [1.29, 1.82) is 0 Å². The summed E-state index contributed by atoms with van der Waals surface area (Å²) in [7, 11) is 1.66. The molecule has 3 nitrogen and oxygen atoms in total. The molecule has 0 saturated carbocycles. The molecule has 0 N–H and O–H groups in total. The van der Waals surface area contributed by atoms with Gasteiger partial charge in [0.15, 0.2) is 0 Å². The molecule has 1 aromatic heterocycles. The molecule has 2 aromatic rings. The number of rotatable bonds is 2. The van der Waals surface area contributed by atoms with Crippen molar-refractivity contribution >= 4 is 44.9 Å². The maximum absolute atomic E-state index is 12.3. The van der Waals surface area contributed by atoms with E-state index in [1.807, 2.05) is 0 Å². The van der Waals surface area contributed by atoms with Gasteiger partial charge in [0.25, 0.3) is 0 Å². The second-order valence-corrected chi connectivity index (χ2v) is 5.03. The summed E-state index contributed by atoms with van der Waals surface area (Å²) in [5, 5.41) is 4.61. The van der Waals surface area contributed by atoms with Crippen molar-refractivity contribution in [3.8, 4) is 0 Å². The predicted molar refractivity (Wildman–Crippen MR) is 70.8 cm³/mol. The lowest BCUT2D eigenvalue weighted by atomic mass is 10.1. The van der Waals surface area contributed by atoms with Crippen molar-refractivity contribution in [2.45, 2.75) is 0 Å². The lowest BCUT2D eigenvalue weighted by Crippen LogP contribution is -2.09. The fourth-order valence-corrected chi connectivity index (χ4v) is 2.30. The number of halogens is 3. The molecule has 0 bridgehead atoms. The van der Waals surface area contributed by atoms with Crippen molar-refractivity contribution in [1.82, 2.24) is 9.78 Å². The van der Waals surface area contributed by atoms with E-state index >= 15 is 0 Å². The first-order valence-corrected chi connectivity index (χ1v) is 6.23. The highest BCUT2D eigenvalue weighted by Gasteiger charge is 2.20. The summed E-state index contributed by atoms with van der Waals surface area (Å²) < 4.78 is 2.10. The van der Waals surface area contributed by atoms with Crippen LogP contribution in [0, 0.1) is 0 Å². The third kappa shape index (κ3) is 2.25. The first-order valence-electron chi connectivity index (χ1n) is 4.68. The average Bonchev–Trinajstić information content (AvgIpc) is 2.62. The second kappa shape index (κ2) is 4.80. The Morgan fingerprint density at radius 3 is 2.71 bits per heavy atom. The van der Waals surface area contributed by atoms with Crippen LogP contribution in [0.3, 0.4) is 0 Å². The molecule has 6 heteroatoms. The summed E-state index contributed by atoms with van der Waals surface area (Å²) in [6.07, 6.45) is 1.43. The Kier molecular flexibility index (Phi) is 3.56. The fourth-order valence-electron chi connectivity index (χ4n) is 1.47. The van der Waals surface area contributed by atoms with E-state index in [1.54, 1.807) is 25.2 Å². The molecule has 0 unspecified atom stereocenters. The number of aryl methyl sites for hydroxylation is 1. The number of hydrogen-bond donors (Lipinski definition) is 0. The smallest absolute Gasteiger partial charge is 0.214 e. The Labute approximate surface area is 116 Å². The van der Waals surface area contributed by atoms with Crippen LogP contribution in [-0.2, 0) is 7.05 Å². The third-order valence-corrected chi connectivity index (χ3v) is 3.88. The van der Waals surface area contributed by atoms with Gasteiger partial charge in [0.1, 0.15) is 5.69 Å². The normalized spacial score (nSPS) is 10.6. The zero-order valence-corrected chi connectivity index (χ0v) is 11.8. The van der Waals surface area contributed by atoms with E-state index < -0.39 is 0 Å². The topological polar surface area (TPSA) is 34.9 Å². The highest BCUT2D eigenvalue weighted by molar-refractivity contribution is 9.10. The van der Waals surface area contributed by atoms with Crippen LogP contribution < -0.4 is 0 Å². The summed E-state index contributed by atoms with van der Waals surface area (Å²) >= 11 is 15.3. The van der Waals surface area contributed by atoms with Gasteiger partial charge in [0.05, 0.1) is 16.2 Å². The van der Waals surface area contributed by atoms with Gasteiger partial charge in [-0.3, -0.25) is 9.48 Å². The highest BCUT2D eigenvalue weighted by Crippen LogP contribution is 2.29. The molecule has 1 aromatic carbocycles. The fraction of sp³-hybridized carbons (Fsp3) is 0.0909. The van der Waals surface area contributed by atoms with Crippen LogP contribution >= 0.6 is 39.1 Å². The largest absolute Gasteiger partial charge is 0.287 e. The molecule has 0 amide bonds. The van der Waals surface area contributed by atoms with Gasteiger partial charge in [-0.25, -0.2) is 0 Å². The van der Waals surface area contributed by atoms with E-state index in [9.17, 15) is 4.79 Å². The summed E-state index contributed by atoms with van der Waals surface area (Å²) in [5.74, 6) is -0.249. The Morgan fingerprint density at radius 1 is 1.41 bits per heavy atom. The van der Waals surface area contributed by atoms with Gasteiger partial charge in [-0.05, 0) is 28.1 Å². The van der Waals surface area contributed by atoms with Crippen molar-refractivity contribution < 1.29 is 4.79 Å². The van der Waals surface area contributed by atoms with E-state index in [4.69, 9.17) is 23.2 Å². The number of carbonyl (C=O) groups excluding carboxylic acids is 1. The number of aromatic nitrogens is 2. The summed E-state index contributed by atoms with van der Waals surface area (Å²) in [4.78, 5) is 12.3. The van der Waals surface area contributed by atoms with Crippen LogP contribution in [0.15, 0.2) is 28.9 Å². The number of ketones is 1. The first-order chi connectivity index (χ1) is 8.02. The molecule has 0 fully saturated rings. The number of benzene rings is 1. The van der Waals surface area contributed by atoms with E-state index in [0.29, 0.717) is 25.8 Å². The quantitative estimate of drug-likeness (QED) is 0.785. The van der Waals surface area contributed by atoms with E-state index in [-0.39, 0.29) is 5.78 Å². The zero-order valence-electron chi connectivity index (χ0n) is 8.75. The molecule has 0 aliphatic carbocycles. The molecule has 0 saturated heterocycles. The van der Waals surface area contributed by atoms with Crippen molar-refractivity contribution in [2.75, 3.05) is 0 Å². The molecule has 0 aliphatic heterocycles. The number of nitrogens with zero attached hydrogens (tertiary/aromatic N) is 2. The van der Waals surface area contributed by atoms with Crippen LogP contribution in [0.2, 0.25) is 10.0 Å². The molecule has 0 aliphatic rings. The zero-order chi connectivity index (χ0) is 12.6. The molecular formula is C11H7BrCl2N2O. The van der Waals surface area contributed by atoms with Gasteiger partial charge in [0, 0.05) is 17.1 Å². The Balaban J connectivity index is 2.55. The molecule has 1 heterocycles. The minimum absolute atomic E-state index is 0.249. The maximum Gasteiger partial charge on any atom is 0.214 e.